The average molecular weight is 326 g/mol. The highest BCUT2D eigenvalue weighted by atomic mass is 16.2. The quantitative estimate of drug-likeness (QED) is 0.790. The first-order chi connectivity index (χ1) is 11.5. The molecule has 0 aliphatic rings. The number of nitrogens with zero attached hydrogens (tertiary/aromatic N) is 3. The number of hydrogen-bond acceptors (Lipinski definition) is 5. The lowest BCUT2D eigenvalue weighted by Crippen LogP contribution is -2.28. The summed E-state index contributed by atoms with van der Waals surface area (Å²) < 4.78 is 0. The van der Waals surface area contributed by atoms with Crippen molar-refractivity contribution in [3.63, 3.8) is 0 Å². The number of amides is 1. The molecule has 126 valence electrons. The highest BCUT2D eigenvalue weighted by Crippen LogP contribution is 2.16. The molecule has 6 heteroatoms. The topological polar surface area (TPSA) is 75.2 Å². The fourth-order valence-corrected chi connectivity index (χ4v) is 2.17. The highest BCUT2D eigenvalue weighted by Gasteiger charge is 2.13. The van der Waals surface area contributed by atoms with Crippen molar-refractivity contribution in [2.24, 2.45) is 0 Å². The molecule has 1 aromatic carbocycles. The van der Waals surface area contributed by atoms with Crippen LogP contribution in [-0.2, 0) is 0 Å². The van der Waals surface area contributed by atoms with Crippen molar-refractivity contribution in [1.29, 1.82) is 0 Å². The highest BCUT2D eigenvalue weighted by molar-refractivity contribution is 5.95. The van der Waals surface area contributed by atoms with Crippen LogP contribution in [0.1, 0.15) is 47.5 Å². The van der Waals surface area contributed by atoms with Gasteiger partial charge in [0.1, 0.15) is 0 Å². The van der Waals surface area contributed by atoms with E-state index in [4.69, 9.17) is 0 Å². The molecule has 0 saturated heterocycles. The number of rotatable bonds is 7. The molecule has 1 amide bonds. The molecule has 6 nitrogen and oxygen atoms in total. The van der Waals surface area contributed by atoms with Gasteiger partial charge < -0.3 is 10.2 Å². The molecule has 2 rings (SSSR count). The van der Waals surface area contributed by atoms with Crippen molar-refractivity contribution in [3.8, 4) is 0 Å². The zero-order chi connectivity index (χ0) is 17.5. The van der Waals surface area contributed by atoms with Gasteiger partial charge in [-0.15, -0.1) is 10.2 Å². The summed E-state index contributed by atoms with van der Waals surface area (Å²) in [6, 6.07) is 10.5. The molecule has 0 aliphatic heterocycles. The maximum atomic E-state index is 12.2. The summed E-state index contributed by atoms with van der Waals surface area (Å²) in [4.78, 5) is 25.3. The molecule has 0 unspecified atom stereocenters. The summed E-state index contributed by atoms with van der Waals surface area (Å²) in [5.74, 6) is 0.380. The monoisotopic (exact) mass is 326 g/mol. The Bertz CT molecular complexity index is 713. The van der Waals surface area contributed by atoms with E-state index in [1.165, 1.54) is 6.92 Å². The molecule has 0 fully saturated rings. The number of anilines is 2. The Morgan fingerprint density at radius 1 is 1.17 bits per heavy atom. The first-order valence-electron chi connectivity index (χ1n) is 7.98. The predicted octanol–water partition coefficient (Wildman–Crippen LogP) is 3.29. The second kappa shape index (κ2) is 8.19. The van der Waals surface area contributed by atoms with Crippen molar-refractivity contribution in [1.82, 2.24) is 15.1 Å². The first kappa shape index (κ1) is 17.6. The minimum Gasteiger partial charge on any atom is -0.340 e. The number of unbranched alkanes of at least 4 members (excludes halogenated alkanes) is 1. The Labute approximate surface area is 141 Å². The molecule has 1 aromatic heterocycles. The van der Waals surface area contributed by atoms with Crippen LogP contribution in [0.2, 0.25) is 0 Å². The van der Waals surface area contributed by atoms with Crippen LogP contribution in [0.5, 0.6) is 0 Å². The van der Waals surface area contributed by atoms with Gasteiger partial charge in [-0.3, -0.25) is 9.59 Å². The van der Waals surface area contributed by atoms with Crippen molar-refractivity contribution >= 4 is 23.2 Å². The lowest BCUT2D eigenvalue weighted by atomic mass is 10.1. The molecular weight excluding hydrogens is 304 g/mol. The van der Waals surface area contributed by atoms with Crippen LogP contribution in [-0.4, -0.2) is 40.4 Å². The normalized spacial score (nSPS) is 10.3. The van der Waals surface area contributed by atoms with Gasteiger partial charge >= 0.3 is 0 Å². The first-order valence-corrected chi connectivity index (χ1v) is 7.98. The number of Topliss-reactive ketones (excluding diaryl/α,β-unsaturated/α-hetero) is 1. The number of carbonyl (C=O) groups excluding carboxylic acids is 2. The third-order valence-electron chi connectivity index (χ3n) is 3.62. The largest absolute Gasteiger partial charge is 0.340 e. The Balaban J connectivity index is 2.05. The van der Waals surface area contributed by atoms with E-state index in [2.05, 4.69) is 22.4 Å². The standard InChI is InChI=1S/C18H22N4O2/c1-4-5-11-22(3)18(24)16-9-10-17(21-20-16)19-15-8-6-7-14(12-15)13(2)23/h6-10,12H,4-5,11H2,1-3H3,(H,19,21). The molecule has 24 heavy (non-hydrogen) atoms. The predicted molar refractivity (Wildman–Crippen MR) is 93.6 cm³/mol. The van der Waals surface area contributed by atoms with E-state index in [0.29, 0.717) is 23.6 Å². The summed E-state index contributed by atoms with van der Waals surface area (Å²) in [7, 11) is 1.76. The fraction of sp³-hybridized carbons (Fsp3) is 0.333. The Hall–Kier alpha value is -2.76. The van der Waals surface area contributed by atoms with Crippen LogP contribution >= 0.6 is 0 Å². The van der Waals surface area contributed by atoms with E-state index in [9.17, 15) is 9.59 Å². The summed E-state index contributed by atoms with van der Waals surface area (Å²) >= 11 is 0. The molecule has 0 spiro atoms. The number of hydrogen-bond donors (Lipinski definition) is 1. The molecule has 1 heterocycles. The van der Waals surface area contributed by atoms with Crippen molar-refractivity contribution in [2.75, 3.05) is 18.9 Å². The van der Waals surface area contributed by atoms with Crippen molar-refractivity contribution < 1.29 is 9.59 Å². The van der Waals surface area contributed by atoms with Gasteiger partial charge in [-0.2, -0.15) is 0 Å². The zero-order valence-electron chi connectivity index (χ0n) is 14.2. The van der Waals surface area contributed by atoms with E-state index >= 15 is 0 Å². The van der Waals surface area contributed by atoms with Gasteiger partial charge in [-0.25, -0.2) is 0 Å². The Morgan fingerprint density at radius 3 is 2.58 bits per heavy atom. The van der Waals surface area contributed by atoms with E-state index in [0.717, 1.165) is 18.5 Å². The minimum absolute atomic E-state index is 0.000736. The number of ketones is 1. The van der Waals surface area contributed by atoms with Gasteiger partial charge in [0.25, 0.3) is 5.91 Å². The van der Waals surface area contributed by atoms with Crippen LogP contribution < -0.4 is 5.32 Å². The fourth-order valence-electron chi connectivity index (χ4n) is 2.17. The van der Waals surface area contributed by atoms with Crippen LogP contribution in [0.3, 0.4) is 0 Å². The van der Waals surface area contributed by atoms with Gasteiger partial charge in [0.2, 0.25) is 0 Å². The summed E-state index contributed by atoms with van der Waals surface area (Å²) in [6.45, 7) is 4.31. The van der Waals surface area contributed by atoms with E-state index in [1.54, 1.807) is 42.3 Å². The van der Waals surface area contributed by atoms with Gasteiger partial charge in [-0.1, -0.05) is 25.5 Å². The maximum absolute atomic E-state index is 12.2. The molecule has 0 bridgehead atoms. The SMILES string of the molecule is CCCCN(C)C(=O)c1ccc(Nc2cccc(C(C)=O)c2)nn1. The third kappa shape index (κ3) is 4.62. The second-order valence-corrected chi connectivity index (χ2v) is 5.65. The average Bonchev–Trinajstić information content (AvgIpc) is 2.60. The van der Waals surface area contributed by atoms with Crippen LogP contribution in [0, 0.1) is 0 Å². The van der Waals surface area contributed by atoms with Gasteiger partial charge in [-0.05, 0) is 37.6 Å². The van der Waals surface area contributed by atoms with Crippen LogP contribution in [0.25, 0.3) is 0 Å². The molecule has 1 N–H and O–H groups in total. The number of aromatic nitrogens is 2. The zero-order valence-corrected chi connectivity index (χ0v) is 14.2. The maximum Gasteiger partial charge on any atom is 0.274 e. The van der Waals surface area contributed by atoms with E-state index in [1.807, 2.05) is 6.07 Å². The van der Waals surface area contributed by atoms with Crippen LogP contribution in [0.15, 0.2) is 36.4 Å². The number of nitrogens with one attached hydrogen (secondary N) is 1. The van der Waals surface area contributed by atoms with E-state index < -0.39 is 0 Å². The van der Waals surface area contributed by atoms with Gasteiger partial charge in [0.15, 0.2) is 17.3 Å². The van der Waals surface area contributed by atoms with Crippen molar-refractivity contribution in [3.05, 3.63) is 47.7 Å². The lowest BCUT2D eigenvalue weighted by Gasteiger charge is -2.15. The molecule has 0 saturated carbocycles. The molecule has 0 atom stereocenters. The second-order valence-electron chi connectivity index (χ2n) is 5.65. The van der Waals surface area contributed by atoms with Gasteiger partial charge in [0.05, 0.1) is 0 Å². The molecule has 0 aliphatic carbocycles. The molecular formula is C18H22N4O2. The third-order valence-corrected chi connectivity index (χ3v) is 3.62. The van der Waals surface area contributed by atoms with Crippen molar-refractivity contribution in [2.45, 2.75) is 26.7 Å². The van der Waals surface area contributed by atoms with E-state index in [-0.39, 0.29) is 11.7 Å². The molecule has 2 aromatic rings. The molecule has 0 radical (unpaired) electrons. The minimum atomic E-state index is -0.138. The Morgan fingerprint density at radius 2 is 1.96 bits per heavy atom. The number of carbonyl (C=O) groups is 2. The smallest absolute Gasteiger partial charge is 0.274 e. The van der Waals surface area contributed by atoms with Gasteiger partial charge in [0, 0.05) is 24.8 Å². The number of benzene rings is 1. The van der Waals surface area contributed by atoms with Crippen LogP contribution in [0.4, 0.5) is 11.5 Å². The summed E-state index contributed by atoms with van der Waals surface area (Å²) in [6.07, 6.45) is 1.99. The lowest BCUT2D eigenvalue weighted by molar-refractivity contribution is 0.0786. The summed E-state index contributed by atoms with van der Waals surface area (Å²) in [5, 5.41) is 11.1. The summed E-state index contributed by atoms with van der Waals surface area (Å²) in [5.41, 5.74) is 1.69. The Kier molecular flexibility index (Phi) is 6.01.